The number of hydrogen-bond acceptors (Lipinski definition) is 7. The van der Waals surface area contributed by atoms with Crippen LogP contribution in [0.3, 0.4) is 0 Å². The number of nitrogens with zero attached hydrogens (tertiary/aromatic N) is 2. The minimum absolute atomic E-state index is 0.0463. The van der Waals surface area contributed by atoms with Gasteiger partial charge in [0, 0.05) is 16.3 Å². The van der Waals surface area contributed by atoms with Crippen molar-refractivity contribution in [3.8, 4) is 11.8 Å². The highest BCUT2D eigenvalue weighted by Crippen LogP contribution is 2.56. The molecule has 0 saturated carbocycles. The Bertz CT molecular complexity index is 1320. The molecule has 0 aromatic carbocycles. The summed E-state index contributed by atoms with van der Waals surface area (Å²) < 4.78 is 29.6. The number of H-pyrrole nitrogens is 1. The maximum Gasteiger partial charge on any atom is 0.349 e. The third kappa shape index (κ3) is 5.10. The summed E-state index contributed by atoms with van der Waals surface area (Å²) in [6, 6.07) is 0. The Labute approximate surface area is 234 Å². The zero-order chi connectivity index (χ0) is 29.2. The molecule has 4 rings (SSSR count). The lowest BCUT2D eigenvalue weighted by molar-refractivity contribution is -0.0794. The maximum absolute atomic E-state index is 12.8. The highest BCUT2D eigenvalue weighted by molar-refractivity contribution is 6.74. The number of fused-ring (bicyclic) bond motifs is 2. The van der Waals surface area contributed by atoms with E-state index in [2.05, 4.69) is 97.2 Å². The first-order chi connectivity index (χ1) is 17.8. The molecular formula is C28H45N3O6Si2. The molecule has 0 spiro atoms. The molecule has 4 atom stereocenters. The molecular weight excluding hydrogens is 530 g/mol. The standard InChI is InChI=1S/C28H45N3O6Si2/c1-26(2,3)38(10,11)36-22-21-19(16-34-39(37-21,27(4,5)6)28(7,8)9)35-25(22)31-15-18(13-12-14-32)20-23(31)29-17-30-24(20)33/h15,17,19,21-22,25,32H,14,16H2,1-11H3,(H,29,30,33)/t19?,21-,22-,25-/m1/s1. The van der Waals surface area contributed by atoms with Crippen LogP contribution in [0.4, 0.5) is 0 Å². The largest absolute Gasteiger partial charge is 0.407 e. The van der Waals surface area contributed by atoms with Crippen LogP contribution in [0.2, 0.25) is 28.2 Å². The summed E-state index contributed by atoms with van der Waals surface area (Å²) in [6.07, 6.45) is 1.40. The van der Waals surface area contributed by atoms with Gasteiger partial charge in [0.05, 0.1) is 23.9 Å². The van der Waals surface area contributed by atoms with Gasteiger partial charge < -0.3 is 32.7 Å². The number of ether oxygens (including phenoxy) is 1. The van der Waals surface area contributed by atoms with E-state index in [1.54, 1.807) is 6.20 Å². The molecule has 2 aromatic heterocycles. The summed E-state index contributed by atoms with van der Waals surface area (Å²) in [7, 11) is -5.11. The van der Waals surface area contributed by atoms with Crippen LogP contribution in [0.15, 0.2) is 17.3 Å². The van der Waals surface area contributed by atoms with Crippen LogP contribution in [0.1, 0.15) is 74.1 Å². The van der Waals surface area contributed by atoms with Gasteiger partial charge in [-0.3, -0.25) is 4.79 Å². The molecule has 2 aliphatic rings. The highest BCUT2D eigenvalue weighted by atomic mass is 28.4. The lowest BCUT2D eigenvalue weighted by Gasteiger charge is -2.54. The quantitative estimate of drug-likeness (QED) is 0.399. The lowest BCUT2D eigenvalue weighted by atomic mass is 10.1. The van der Waals surface area contributed by atoms with Gasteiger partial charge in [0.15, 0.2) is 20.2 Å². The average molecular weight is 576 g/mol. The Balaban J connectivity index is 1.89. The predicted molar refractivity (Wildman–Crippen MR) is 156 cm³/mol. The van der Waals surface area contributed by atoms with Gasteiger partial charge in [-0.05, 0) is 18.1 Å². The van der Waals surface area contributed by atoms with Gasteiger partial charge in [-0.1, -0.05) is 74.2 Å². The molecule has 2 N–H and O–H groups in total. The SMILES string of the molecule is CC(C)(C)[Si](C)(C)O[C@@H]1[C@@H]2O[Si](C(C)(C)C)(C(C)(C)C)OCC2O[C@H]1n1cc(C#CCO)c2c(=O)[nH]cnc21. The average Bonchev–Trinajstić information content (AvgIpc) is 3.33. The second-order valence-electron chi connectivity index (χ2n) is 14.3. The topological polar surface area (TPSA) is 108 Å². The fourth-order valence-electron chi connectivity index (χ4n) is 5.70. The zero-order valence-corrected chi connectivity index (χ0v) is 27.3. The summed E-state index contributed by atoms with van der Waals surface area (Å²) in [6.45, 7) is 24.4. The van der Waals surface area contributed by atoms with Crippen molar-refractivity contribution in [1.29, 1.82) is 0 Å². The Kier molecular flexibility index (Phi) is 7.69. The lowest BCUT2D eigenvalue weighted by Crippen LogP contribution is -2.66. The van der Waals surface area contributed by atoms with Crippen molar-refractivity contribution in [3.05, 3.63) is 28.4 Å². The van der Waals surface area contributed by atoms with E-state index < -0.39 is 29.2 Å². The first kappa shape index (κ1) is 30.2. The van der Waals surface area contributed by atoms with E-state index in [1.165, 1.54) is 6.33 Å². The van der Waals surface area contributed by atoms with Gasteiger partial charge in [-0.2, -0.15) is 0 Å². The smallest absolute Gasteiger partial charge is 0.349 e. The Morgan fingerprint density at radius 1 is 1.18 bits per heavy atom. The van der Waals surface area contributed by atoms with Crippen LogP contribution < -0.4 is 5.56 Å². The van der Waals surface area contributed by atoms with Crippen molar-refractivity contribution < 1.29 is 23.1 Å². The number of aromatic amines is 1. The summed E-state index contributed by atoms with van der Waals surface area (Å²) in [5, 5.41) is 9.22. The molecule has 0 bridgehead atoms. The van der Waals surface area contributed by atoms with Crippen LogP contribution in [-0.4, -0.2) is 68.0 Å². The molecule has 4 heterocycles. The predicted octanol–water partition coefficient (Wildman–Crippen LogP) is 4.81. The van der Waals surface area contributed by atoms with E-state index in [0.717, 1.165) is 0 Å². The minimum atomic E-state index is -2.81. The fraction of sp³-hybridized carbons (Fsp3) is 0.714. The monoisotopic (exact) mass is 575 g/mol. The highest BCUT2D eigenvalue weighted by Gasteiger charge is 2.66. The van der Waals surface area contributed by atoms with Gasteiger partial charge in [-0.25, -0.2) is 4.98 Å². The Morgan fingerprint density at radius 3 is 2.38 bits per heavy atom. The van der Waals surface area contributed by atoms with Crippen molar-refractivity contribution in [1.82, 2.24) is 14.5 Å². The van der Waals surface area contributed by atoms with Crippen molar-refractivity contribution in [2.24, 2.45) is 0 Å². The van der Waals surface area contributed by atoms with Crippen LogP contribution >= 0.6 is 0 Å². The number of rotatable bonds is 3. The van der Waals surface area contributed by atoms with Gasteiger partial charge in [0.1, 0.15) is 24.9 Å². The molecule has 2 aliphatic heterocycles. The van der Waals surface area contributed by atoms with E-state index in [9.17, 15) is 9.90 Å². The van der Waals surface area contributed by atoms with Crippen LogP contribution in [0, 0.1) is 11.8 Å². The normalized spacial score (nSPS) is 25.8. The number of nitrogens with one attached hydrogen (secondary N) is 1. The molecule has 216 valence electrons. The molecule has 9 nitrogen and oxygen atoms in total. The van der Waals surface area contributed by atoms with E-state index in [4.69, 9.17) is 18.0 Å². The molecule has 1 unspecified atom stereocenters. The third-order valence-corrected chi connectivity index (χ3v) is 18.0. The van der Waals surface area contributed by atoms with E-state index in [-0.39, 0.29) is 39.5 Å². The first-order valence-corrected chi connectivity index (χ1v) is 18.4. The van der Waals surface area contributed by atoms with E-state index >= 15 is 0 Å². The molecule has 11 heteroatoms. The fourth-order valence-corrected chi connectivity index (χ4v) is 11.9. The molecule has 0 radical (unpaired) electrons. The summed E-state index contributed by atoms with van der Waals surface area (Å²) >= 11 is 0. The number of hydrogen-bond donors (Lipinski definition) is 2. The summed E-state index contributed by atoms with van der Waals surface area (Å²) in [4.78, 5) is 20.0. The van der Waals surface area contributed by atoms with Crippen molar-refractivity contribution in [2.75, 3.05) is 13.2 Å². The molecule has 0 amide bonds. The second kappa shape index (κ2) is 9.94. The van der Waals surface area contributed by atoms with Crippen molar-refractivity contribution >= 4 is 27.9 Å². The van der Waals surface area contributed by atoms with Crippen LogP contribution in [-0.2, 0) is 18.0 Å². The molecule has 0 aliphatic carbocycles. The van der Waals surface area contributed by atoms with Crippen LogP contribution in [0.5, 0.6) is 0 Å². The van der Waals surface area contributed by atoms with Gasteiger partial charge >= 0.3 is 8.56 Å². The molecule has 2 aromatic rings. The number of aromatic nitrogens is 3. The Hall–Kier alpha value is -1.79. The molecule has 39 heavy (non-hydrogen) atoms. The molecule has 2 fully saturated rings. The Morgan fingerprint density at radius 2 is 1.82 bits per heavy atom. The minimum Gasteiger partial charge on any atom is -0.407 e. The third-order valence-electron chi connectivity index (χ3n) is 8.44. The second-order valence-corrected chi connectivity index (χ2v) is 23.8. The van der Waals surface area contributed by atoms with Gasteiger partial charge in [-0.15, -0.1) is 0 Å². The van der Waals surface area contributed by atoms with E-state index in [0.29, 0.717) is 23.2 Å². The molecule has 2 saturated heterocycles. The van der Waals surface area contributed by atoms with E-state index in [1.807, 2.05) is 4.57 Å². The first-order valence-electron chi connectivity index (χ1n) is 13.7. The van der Waals surface area contributed by atoms with Crippen LogP contribution in [0.25, 0.3) is 11.0 Å². The van der Waals surface area contributed by atoms with Crippen molar-refractivity contribution in [2.45, 2.75) is 115 Å². The van der Waals surface area contributed by atoms with Gasteiger partial charge in [0.25, 0.3) is 5.56 Å². The number of aliphatic hydroxyl groups excluding tert-OH is 1. The maximum atomic E-state index is 12.8. The summed E-state index contributed by atoms with van der Waals surface area (Å²) in [5.41, 5.74) is 0.623. The number of aliphatic hydroxyl groups is 1. The van der Waals surface area contributed by atoms with Crippen molar-refractivity contribution in [3.63, 3.8) is 0 Å². The van der Waals surface area contributed by atoms with Gasteiger partial charge in [0.2, 0.25) is 0 Å². The zero-order valence-electron chi connectivity index (χ0n) is 25.3. The summed E-state index contributed by atoms with van der Waals surface area (Å²) in [5.74, 6) is 5.57.